The summed E-state index contributed by atoms with van der Waals surface area (Å²) in [6.45, 7) is 1.58. The van der Waals surface area contributed by atoms with E-state index in [2.05, 4.69) is 34.9 Å². The Balaban J connectivity index is 1.75. The number of rotatable bonds is 5. The first-order chi connectivity index (χ1) is 10.3. The Morgan fingerprint density at radius 1 is 1.05 bits per heavy atom. The van der Waals surface area contributed by atoms with Gasteiger partial charge in [-0.3, -0.25) is 4.79 Å². The van der Waals surface area contributed by atoms with Gasteiger partial charge in [0.25, 0.3) is 0 Å². The van der Waals surface area contributed by atoms with Crippen molar-refractivity contribution in [3.05, 3.63) is 71.8 Å². The Morgan fingerprint density at radius 2 is 1.67 bits per heavy atom. The van der Waals surface area contributed by atoms with Crippen LogP contribution in [0.5, 0.6) is 0 Å². The summed E-state index contributed by atoms with van der Waals surface area (Å²) >= 11 is 0. The molecule has 1 heterocycles. The van der Waals surface area contributed by atoms with Gasteiger partial charge in [-0.15, -0.1) is 0 Å². The molecule has 3 heteroatoms. The van der Waals surface area contributed by atoms with Crippen molar-refractivity contribution in [1.82, 2.24) is 10.6 Å². The minimum atomic E-state index is 0.0294. The van der Waals surface area contributed by atoms with Crippen molar-refractivity contribution < 1.29 is 4.79 Å². The van der Waals surface area contributed by atoms with Gasteiger partial charge in [-0.2, -0.15) is 0 Å². The van der Waals surface area contributed by atoms with Crippen LogP contribution in [0.2, 0.25) is 0 Å². The summed E-state index contributed by atoms with van der Waals surface area (Å²) in [6.07, 6.45) is 0.816. The van der Waals surface area contributed by atoms with Crippen molar-refractivity contribution in [2.24, 2.45) is 5.92 Å². The molecule has 0 saturated carbocycles. The van der Waals surface area contributed by atoms with Gasteiger partial charge in [-0.1, -0.05) is 60.7 Å². The largest absolute Gasteiger partial charge is 0.349 e. The second-order valence-corrected chi connectivity index (χ2v) is 5.52. The fraction of sp³-hybridized carbons (Fsp3) is 0.278. The van der Waals surface area contributed by atoms with E-state index < -0.39 is 0 Å². The quantitative estimate of drug-likeness (QED) is 0.882. The Kier molecular flexibility index (Phi) is 4.31. The molecule has 1 atom stereocenters. The van der Waals surface area contributed by atoms with Crippen molar-refractivity contribution in [2.45, 2.75) is 12.5 Å². The maximum Gasteiger partial charge on any atom is 0.226 e. The highest BCUT2D eigenvalue weighted by Crippen LogP contribution is 2.19. The zero-order chi connectivity index (χ0) is 14.5. The predicted molar refractivity (Wildman–Crippen MR) is 83.8 cm³/mol. The normalized spacial score (nSPS) is 16.0. The minimum absolute atomic E-state index is 0.0294. The molecule has 1 aliphatic heterocycles. The van der Waals surface area contributed by atoms with E-state index in [9.17, 15) is 4.79 Å². The number of nitrogens with one attached hydrogen (secondary N) is 2. The van der Waals surface area contributed by atoms with Gasteiger partial charge in [0, 0.05) is 13.1 Å². The molecule has 21 heavy (non-hydrogen) atoms. The molecular formula is C18H20N2O. The zero-order valence-corrected chi connectivity index (χ0v) is 12.0. The molecule has 3 rings (SSSR count). The maximum atomic E-state index is 12.2. The molecule has 0 aliphatic carbocycles. The van der Waals surface area contributed by atoms with E-state index in [4.69, 9.17) is 0 Å². The molecule has 2 N–H and O–H groups in total. The summed E-state index contributed by atoms with van der Waals surface area (Å²) in [5, 5.41) is 6.35. The number of benzene rings is 2. The lowest BCUT2D eigenvalue weighted by molar-refractivity contribution is -0.127. The van der Waals surface area contributed by atoms with E-state index in [1.807, 2.05) is 36.4 Å². The Bertz CT molecular complexity index is 579. The van der Waals surface area contributed by atoms with Crippen LogP contribution in [0, 0.1) is 5.92 Å². The van der Waals surface area contributed by atoms with Crippen molar-refractivity contribution in [1.29, 1.82) is 0 Å². The standard InChI is InChI=1S/C18H20N2O/c21-18(16-12-19-13-16)20-17(15-9-5-2-6-10-15)11-14-7-3-1-4-8-14/h1-10,16-17,19H,11-13H2,(H,20,21). The topological polar surface area (TPSA) is 41.1 Å². The number of carbonyl (C=O) groups excluding carboxylic acids is 1. The van der Waals surface area contributed by atoms with Gasteiger partial charge in [0.1, 0.15) is 0 Å². The van der Waals surface area contributed by atoms with Gasteiger partial charge in [0.2, 0.25) is 5.91 Å². The highest BCUT2D eigenvalue weighted by atomic mass is 16.2. The molecule has 1 fully saturated rings. The van der Waals surface area contributed by atoms with Gasteiger partial charge < -0.3 is 10.6 Å². The number of amides is 1. The maximum absolute atomic E-state index is 12.2. The van der Waals surface area contributed by atoms with Crippen molar-refractivity contribution in [3.8, 4) is 0 Å². The molecule has 3 nitrogen and oxygen atoms in total. The lowest BCUT2D eigenvalue weighted by atomic mass is 9.96. The third-order valence-electron chi connectivity index (χ3n) is 3.95. The highest BCUT2D eigenvalue weighted by Gasteiger charge is 2.27. The van der Waals surface area contributed by atoms with Gasteiger partial charge in [0.05, 0.1) is 12.0 Å². The van der Waals surface area contributed by atoms with E-state index in [0.29, 0.717) is 0 Å². The second-order valence-electron chi connectivity index (χ2n) is 5.52. The Morgan fingerprint density at radius 3 is 2.24 bits per heavy atom. The van der Waals surface area contributed by atoms with Crippen LogP contribution in [0.1, 0.15) is 17.2 Å². The number of hydrogen-bond acceptors (Lipinski definition) is 2. The van der Waals surface area contributed by atoms with Gasteiger partial charge in [-0.25, -0.2) is 0 Å². The number of hydrogen-bond donors (Lipinski definition) is 2. The molecule has 1 aliphatic rings. The minimum Gasteiger partial charge on any atom is -0.349 e. The van der Waals surface area contributed by atoms with E-state index >= 15 is 0 Å². The van der Waals surface area contributed by atoms with E-state index in [1.165, 1.54) is 5.56 Å². The average molecular weight is 280 g/mol. The second kappa shape index (κ2) is 6.55. The highest BCUT2D eigenvalue weighted by molar-refractivity contribution is 5.80. The van der Waals surface area contributed by atoms with Crippen LogP contribution in [-0.4, -0.2) is 19.0 Å². The molecule has 0 radical (unpaired) electrons. The van der Waals surface area contributed by atoms with E-state index in [1.54, 1.807) is 0 Å². The lowest BCUT2D eigenvalue weighted by Crippen LogP contribution is -2.51. The molecule has 0 bridgehead atoms. The van der Waals surface area contributed by atoms with Crippen LogP contribution in [-0.2, 0) is 11.2 Å². The third kappa shape index (κ3) is 3.50. The Labute approximate surface area is 125 Å². The van der Waals surface area contributed by atoms with Crippen molar-refractivity contribution in [3.63, 3.8) is 0 Å². The first kappa shape index (κ1) is 13.8. The van der Waals surface area contributed by atoms with Crippen LogP contribution in [0.4, 0.5) is 0 Å². The molecule has 0 aromatic heterocycles. The smallest absolute Gasteiger partial charge is 0.226 e. The summed E-state index contributed by atoms with van der Waals surface area (Å²) in [4.78, 5) is 12.2. The van der Waals surface area contributed by atoms with Crippen LogP contribution in [0.15, 0.2) is 60.7 Å². The van der Waals surface area contributed by atoms with E-state index in [0.717, 1.165) is 25.1 Å². The summed E-state index contributed by atoms with van der Waals surface area (Å²) in [5.74, 6) is 0.269. The summed E-state index contributed by atoms with van der Waals surface area (Å²) in [5.41, 5.74) is 2.39. The predicted octanol–water partition coefficient (Wildman–Crippen LogP) is 2.31. The van der Waals surface area contributed by atoms with Crippen molar-refractivity contribution >= 4 is 5.91 Å². The first-order valence-corrected chi connectivity index (χ1v) is 7.43. The fourth-order valence-corrected chi connectivity index (χ4v) is 2.55. The van der Waals surface area contributed by atoms with Gasteiger partial charge in [0.15, 0.2) is 0 Å². The first-order valence-electron chi connectivity index (χ1n) is 7.43. The average Bonchev–Trinajstić information content (AvgIpc) is 2.47. The van der Waals surface area contributed by atoms with E-state index in [-0.39, 0.29) is 17.9 Å². The molecule has 1 amide bonds. The monoisotopic (exact) mass is 280 g/mol. The van der Waals surface area contributed by atoms with Crippen molar-refractivity contribution in [2.75, 3.05) is 13.1 Å². The molecule has 1 unspecified atom stereocenters. The SMILES string of the molecule is O=C(NC(Cc1ccccc1)c1ccccc1)C1CNC1. The van der Waals surface area contributed by atoms with Crippen LogP contribution in [0.25, 0.3) is 0 Å². The summed E-state index contributed by atoms with van der Waals surface area (Å²) in [7, 11) is 0. The molecule has 0 spiro atoms. The fourth-order valence-electron chi connectivity index (χ4n) is 2.55. The molecule has 2 aromatic rings. The van der Waals surface area contributed by atoms with Gasteiger partial charge >= 0.3 is 0 Å². The molecule has 1 saturated heterocycles. The number of carbonyl (C=O) groups is 1. The molecule has 108 valence electrons. The molecular weight excluding hydrogens is 260 g/mol. The van der Waals surface area contributed by atoms with Crippen LogP contribution < -0.4 is 10.6 Å². The Hall–Kier alpha value is -2.13. The summed E-state index contributed by atoms with van der Waals surface area (Å²) < 4.78 is 0. The molecule has 2 aromatic carbocycles. The van der Waals surface area contributed by atoms with Gasteiger partial charge in [-0.05, 0) is 17.5 Å². The third-order valence-corrected chi connectivity index (χ3v) is 3.95. The van der Waals surface area contributed by atoms with Crippen LogP contribution >= 0.6 is 0 Å². The zero-order valence-electron chi connectivity index (χ0n) is 12.0. The summed E-state index contributed by atoms with van der Waals surface area (Å²) in [6, 6.07) is 20.5. The lowest BCUT2D eigenvalue weighted by Gasteiger charge is -2.29. The van der Waals surface area contributed by atoms with Crippen LogP contribution in [0.3, 0.4) is 0 Å².